The van der Waals surface area contributed by atoms with Gasteiger partial charge in [-0.1, -0.05) is 11.6 Å². The number of aliphatic hydroxyl groups excluding tert-OH is 1. The second-order valence-electron chi connectivity index (χ2n) is 4.94. The minimum atomic E-state index is -0.0652. The Morgan fingerprint density at radius 1 is 1.47 bits per heavy atom. The molecule has 104 valence electrons. The molecule has 2 rings (SSSR count). The Labute approximate surface area is 117 Å². The average molecular weight is 284 g/mol. The lowest BCUT2D eigenvalue weighted by atomic mass is 9.94. The van der Waals surface area contributed by atoms with Gasteiger partial charge in [-0.2, -0.15) is 0 Å². The van der Waals surface area contributed by atoms with E-state index in [9.17, 15) is 9.90 Å². The molecule has 0 aliphatic carbocycles. The molecule has 2 N–H and O–H groups in total. The SMILES string of the molecule is O=C(c1ccc(O)c(Cl)c1)N1CCCC(CCO)C1. The summed E-state index contributed by atoms with van der Waals surface area (Å²) in [5, 5.41) is 18.5. The molecule has 1 aromatic carbocycles. The lowest BCUT2D eigenvalue weighted by Gasteiger charge is -2.32. The lowest BCUT2D eigenvalue weighted by Crippen LogP contribution is -2.40. The van der Waals surface area contributed by atoms with E-state index < -0.39 is 0 Å². The number of nitrogens with zero attached hydrogens (tertiary/aromatic N) is 1. The van der Waals surface area contributed by atoms with Gasteiger partial charge in [-0.25, -0.2) is 0 Å². The number of carbonyl (C=O) groups excluding carboxylic acids is 1. The highest BCUT2D eigenvalue weighted by Gasteiger charge is 2.24. The molecule has 0 saturated carbocycles. The first-order valence-corrected chi connectivity index (χ1v) is 6.88. The maximum Gasteiger partial charge on any atom is 0.253 e. The molecule has 0 radical (unpaired) electrons. The number of hydrogen-bond acceptors (Lipinski definition) is 3. The van der Waals surface area contributed by atoms with Crippen molar-refractivity contribution in [3.05, 3.63) is 28.8 Å². The van der Waals surface area contributed by atoms with Gasteiger partial charge in [0.25, 0.3) is 5.91 Å². The summed E-state index contributed by atoms with van der Waals surface area (Å²) in [4.78, 5) is 14.1. The van der Waals surface area contributed by atoms with Crippen LogP contribution in [0.1, 0.15) is 29.6 Å². The molecule has 5 heteroatoms. The number of halogens is 1. The number of amides is 1. The van der Waals surface area contributed by atoms with Crippen LogP contribution in [0.5, 0.6) is 5.75 Å². The molecule has 0 aromatic heterocycles. The van der Waals surface area contributed by atoms with Gasteiger partial charge in [0.2, 0.25) is 0 Å². The molecule has 1 heterocycles. The molecule has 4 nitrogen and oxygen atoms in total. The molecule has 1 atom stereocenters. The van der Waals surface area contributed by atoms with E-state index in [2.05, 4.69) is 0 Å². The third-order valence-electron chi connectivity index (χ3n) is 3.54. The number of phenolic OH excluding ortho intramolecular Hbond substituents is 1. The molecule has 0 spiro atoms. The number of benzene rings is 1. The van der Waals surface area contributed by atoms with Crippen LogP contribution >= 0.6 is 11.6 Å². The van der Waals surface area contributed by atoms with Crippen molar-refractivity contribution in [3.8, 4) is 5.75 Å². The fourth-order valence-electron chi connectivity index (χ4n) is 2.49. The number of likely N-dealkylation sites (tertiary alicyclic amines) is 1. The molecule has 1 aliphatic heterocycles. The zero-order chi connectivity index (χ0) is 13.8. The molecular weight excluding hydrogens is 266 g/mol. The van der Waals surface area contributed by atoms with Crippen LogP contribution < -0.4 is 0 Å². The van der Waals surface area contributed by atoms with Gasteiger partial charge in [-0.05, 0) is 43.4 Å². The van der Waals surface area contributed by atoms with Gasteiger partial charge in [0.15, 0.2) is 0 Å². The van der Waals surface area contributed by atoms with Crippen LogP contribution in [0.4, 0.5) is 0 Å². The van der Waals surface area contributed by atoms with Crippen LogP contribution in [-0.4, -0.2) is 40.7 Å². The van der Waals surface area contributed by atoms with E-state index in [1.807, 2.05) is 0 Å². The Bertz CT molecular complexity index is 462. The van der Waals surface area contributed by atoms with Crippen molar-refractivity contribution in [1.29, 1.82) is 0 Å². The average Bonchev–Trinajstić information content (AvgIpc) is 2.42. The standard InChI is InChI=1S/C14H18ClNO3/c15-12-8-11(3-4-13(12)18)14(19)16-6-1-2-10(9-16)5-7-17/h3-4,8,10,17-18H,1-2,5-7,9H2. The Kier molecular flexibility index (Phi) is 4.66. The third kappa shape index (κ3) is 3.39. The van der Waals surface area contributed by atoms with Crippen LogP contribution in [0, 0.1) is 5.92 Å². The van der Waals surface area contributed by atoms with Crippen molar-refractivity contribution in [1.82, 2.24) is 4.90 Å². The van der Waals surface area contributed by atoms with E-state index in [0.29, 0.717) is 18.0 Å². The normalized spacial score (nSPS) is 19.5. The van der Waals surface area contributed by atoms with E-state index in [-0.39, 0.29) is 23.3 Å². The summed E-state index contributed by atoms with van der Waals surface area (Å²) >= 11 is 5.82. The molecule has 1 aromatic rings. The van der Waals surface area contributed by atoms with Crippen molar-refractivity contribution >= 4 is 17.5 Å². The van der Waals surface area contributed by atoms with Gasteiger partial charge in [-0.15, -0.1) is 0 Å². The van der Waals surface area contributed by atoms with Gasteiger partial charge >= 0.3 is 0 Å². The van der Waals surface area contributed by atoms with E-state index in [1.54, 1.807) is 11.0 Å². The second-order valence-corrected chi connectivity index (χ2v) is 5.35. The molecule has 1 fully saturated rings. The molecule has 1 saturated heterocycles. The first kappa shape index (κ1) is 14.2. The zero-order valence-electron chi connectivity index (χ0n) is 10.7. The van der Waals surface area contributed by atoms with Crippen LogP contribution in [-0.2, 0) is 0 Å². The van der Waals surface area contributed by atoms with E-state index >= 15 is 0 Å². The molecule has 19 heavy (non-hydrogen) atoms. The second kappa shape index (κ2) is 6.26. The smallest absolute Gasteiger partial charge is 0.253 e. The largest absolute Gasteiger partial charge is 0.506 e. The predicted molar refractivity (Wildman–Crippen MR) is 73.4 cm³/mol. The summed E-state index contributed by atoms with van der Waals surface area (Å²) in [5.74, 6) is 0.287. The minimum absolute atomic E-state index is 0.0185. The van der Waals surface area contributed by atoms with Gasteiger partial charge in [0, 0.05) is 25.3 Å². The van der Waals surface area contributed by atoms with Gasteiger partial charge in [-0.3, -0.25) is 4.79 Å². The topological polar surface area (TPSA) is 60.8 Å². The highest BCUT2D eigenvalue weighted by molar-refractivity contribution is 6.32. The first-order valence-electron chi connectivity index (χ1n) is 6.50. The van der Waals surface area contributed by atoms with Gasteiger partial charge in [0.1, 0.15) is 5.75 Å². The Balaban J connectivity index is 2.08. The highest BCUT2D eigenvalue weighted by Crippen LogP contribution is 2.26. The Morgan fingerprint density at radius 3 is 2.95 bits per heavy atom. The quantitative estimate of drug-likeness (QED) is 0.895. The van der Waals surface area contributed by atoms with Gasteiger partial charge in [0.05, 0.1) is 5.02 Å². The monoisotopic (exact) mass is 283 g/mol. The van der Waals surface area contributed by atoms with Crippen molar-refractivity contribution in [2.24, 2.45) is 5.92 Å². The fraction of sp³-hybridized carbons (Fsp3) is 0.500. The molecule has 1 aliphatic rings. The molecule has 1 amide bonds. The maximum absolute atomic E-state index is 12.3. The molecule has 0 bridgehead atoms. The number of phenols is 1. The van der Waals surface area contributed by atoms with Crippen LogP contribution in [0.25, 0.3) is 0 Å². The number of rotatable bonds is 3. The molecule has 1 unspecified atom stereocenters. The lowest BCUT2D eigenvalue weighted by molar-refractivity contribution is 0.0653. The Hall–Kier alpha value is -1.26. The summed E-state index contributed by atoms with van der Waals surface area (Å²) in [6, 6.07) is 4.51. The minimum Gasteiger partial charge on any atom is -0.506 e. The highest BCUT2D eigenvalue weighted by atomic mass is 35.5. The third-order valence-corrected chi connectivity index (χ3v) is 3.84. The number of hydrogen-bond donors (Lipinski definition) is 2. The van der Waals surface area contributed by atoms with Crippen LogP contribution in [0.15, 0.2) is 18.2 Å². The van der Waals surface area contributed by atoms with E-state index in [4.69, 9.17) is 16.7 Å². The van der Waals surface area contributed by atoms with Crippen molar-refractivity contribution < 1.29 is 15.0 Å². The number of carbonyl (C=O) groups is 1. The summed E-state index contributed by atoms with van der Waals surface area (Å²) < 4.78 is 0. The Morgan fingerprint density at radius 2 is 2.26 bits per heavy atom. The maximum atomic E-state index is 12.3. The fourth-order valence-corrected chi connectivity index (χ4v) is 2.67. The van der Waals surface area contributed by atoms with Crippen LogP contribution in [0.3, 0.4) is 0 Å². The van der Waals surface area contributed by atoms with Crippen LogP contribution in [0.2, 0.25) is 5.02 Å². The van der Waals surface area contributed by atoms with E-state index in [1.165, 1.54) is 12.1 Å². The van der Waals surface area contributed by atoms with Gasteiger partial charge < -0.3 is 15.1 Å². The zero-order valence-corrected chi connectivity index (χ0v) is 11.4. The van der Waals surface area contributed by atoms with E-state index in [0.717, 1.165) is 25.8 Å². The van der Waals surface area contributed by atoms with Crippen molar-refractivity contribution in [3.63, 3.8) is 0 Å². The summed E-state index contributed by atoms with van der Waals surface area (Å²) in [5.41, 5.74) is 0.493. The predicted octanol–water partition coefficient (Wildman–Crippen LogP) is 2.28. The summed E-state index contributed by atoms with van der Waals surface area (Å²) in [7, 11) is 0. The first-order chi connectivity index (χ1) is 9.11. The number of piperidine rings is 1. The number of aliphatic hydroxyl groups is 1. The molecular formula is C14H18ClNO3. The van der Waals surface area contributed by atoms with Crippen molar-refractivity contribution in [2.75, 3.05) is 19.7 Å². The summed E-state index contributed by atoms with van der Waals surface area (Å²) in [6.07, 6.45) is 2.75. The summed E-state index contributed by atoms with van der Waals surface area (Å²) in [6.45, 7) is 1.58. The number of aromatic hydroxyl groups is 1. The van der Waals surface area contributed by atoms with Crippen molar-refractivity contribution in [2.45, 2.75) is 19.3 Å².